The number of oxazole rings is 1. The van der Waals surface area contributed by atoms with Crippen LogP contribution in [-0.4, -0.2) is 108 Å². The molecule has 0 radical (unpaired) electrons. The lowest BCUT2D eigenvalue weighted by Crippen LogP contribution is -2.61. The van der Waals surface area contributed by atoms with Crippen molar-refractivity contribution >= 4 is 35.4 Å². The molecule has 0 saturated carbocycles. The van der Waals surface area contributed by atoms with Crippen molar-refractivity contribution in [2.75, 3.05) is 33.7 Å². The van der Waals surface area contributed by atoms with Crippen LogP contribution < -0.4 is 31.9 Å². The summed E-state index contributed by atoms with van der Waals surface area (Å²) in [7, 11) is 3.32. The Bertz CT molecular complexity index is 2570. The van der Waals surface area contributed by atoms with Crippen LogP contribution in [0.2, 0.25) is 0 Å². The van der Waals surface area contributed by atoms with Gasteiger partial charge in [0.1, 0.15) is 36.0 Å². The van der Waals surface area contributed by atoms with E-state index in [2.05, 4.69) is 49.0 Å². The molecule has 7 atom stereocenters. The van der Waals surface area contributed by atoms with Crippen molar-refractivity contribution in [3.63, 3.8) is 0 Å². The van der Waals surface area contributed by atoms with Gasteiger partial charge in [0.05, 0.1) is 25.3 Å². The third-order valence-corrected chi connectivity index (χ3v) is 14.0. The first-order chi connectivity index (χ1) is 33.7. The van der Waals surface area contributed by atoms with E-state index in [-0.39, 0.29) is 86.4 Å². The highest BCUT2D eigenvalue weighted by Gasteiger charge is 2.47. The Labute approximate surface area is 418 Å². The normalized spacial score (nSPS) is 20.2. The summed E-state index contributed by atoms with van der Waals surface area (Å²) in [5.74, 6) is -1.46. The number of likely N-dealkylation sites (tertiary alicyclic amines) is 1. The molecule has 16 heteroatoms. The molecule has 3 aromatic carbocycles. The first kappa shape index (κ1) is 52.4. The van der Waals surface area contributed by atoms with Crippen LogP contribution in [0.1, 0.15) is 124 Å². The lowest BCUT2D eigenvalue weighted by Gasteiger charge is -2.41. The average Bonchev–Trinajstić information content (AvgIpc) is 3.98. The number of aromatic nitrogens is 1. The predicted molar refractivity (Wildman–Crippen MR) is 271 cm³/mol. The summed E-state index contributed by atoms with van der Waals surface area (Å²) in [5, 5.41) is 18.1. The largest absolute Gasteiger partial charge is 0.444 e. The maximum Gasteiger partial charge on any atom is 0.246 e. The molecule has 380 valence electrons. The highest BCUT2D eigenvalue weighted by molar-refractivity contribution is 5.95. The molecule has 3 heterocycles. The van der Waals surface area contributed by atoms with Crippen LogP contribution >= 0.6 is 0 Å². The number of benzene rings is 3. The molecule has 0 spiro atoms. The number of carbonyl (C=O) groups is 6. The number of nitrogens with zero attached hydrogens (tertiary/aromatic N) is 3. The number of amides is 6. The first-order valence-electron chi connectivity index (χ1n) is 25.0. The van der Waals surface area contributed by atoms with Crippen LogP contribution in [-0.2, 0) is 54.6 Å². The third kappa shape index (κ3) is 12.6. The van der Waals surface area contributed by atoms with Crippen LogP contribution in [0, 0.1) is 17.8 Å². The second-order valence-electron chi connectivity index (χ2n) is 21.7. The van der Waals surface area contributed by atoms with Gasteiger partial charge in [-0.05, 0) is 90.9 Å². The fraction of sp³-hybridized carbons (Fsp3) is 0.509. The van der Waals surface area contributed by atoms with Crippen LogP contribution in [0.3, 0.4) is 0 Å². The zero-order valence-corrected chi connectivity index (χ0v) is 42.8. The Morgan fingerprint density at radius 1 is 0.732 bits per heavy atom. The lowest BCUT2D eigenvalue weighted by atomic mass is 9.83. The summed E-state index contributed by atoms with van der Waals surface area (Å²) in [4.78, 5) is 93.4. The fourth-order valence-electron chi connectivity index (χ4n) is 10.3. The summed E-state index contributed by atoms with van der Waals surface area (Å²) in [6.07, 6.45) is 5.15. The van der Waals surface area contributed by atoms with E-state index in [4.69, 9.17) is 4.42 Å². The average molecular weight is 972 g/mol. The van der Waals surface area contributed by atoms with Gasteiger partial charge in [-0.3, -0.25) is 28.8 Å². The van der Waals surface area contributed by atoms with Gasteiger partial charge in [0.25, 0.3) is 0 Å². The third-order valence-electron chi connectivity index (χ3n) is 14.0. The molecule has 2 aliphatic heterocycles. The van der Waals surface area contributed by atoms with E-state index in [1.165, 1.54) is 5.56 Å². The van der Waals surface area contributed by atoms with Crippen molar-refractivity contribution < 1.29 is 33.2 Å². The van der Waals surface area contributed by atoms with Crippen LogP contribution in [0.15, 0.2) is 83.4 Å². The number of hydrogen-bond donors (Lipinski definition) is 6. The van der Waals surface area contributed by atoms with Gasteiger partial charge >= 0.3 is 0 Å². The van der Waals surface area contributed by atoms with E-state index >= 15 is 4.79 Å². The van der Waals surface area contributed by atoms with E-state index in [1.807, 2.05) is 102 Å². The Hall–Kier alpha value is -6.39. The van der Waals surface area contributed by atoms with Gasteiger partial charge in [0, 0.05) is 31.8 Å². The van der Waals surface area contributed by atoms with E-state index in [0.29, 0.717) is 18.1 Å². The number of fused-ring (bicyclic) bond motifs is 2. The predicted octanol–water partition coefficient (Wildman–Crippen LogP) is 4.72. The molecule has 1 saturated heterocycles. The molecule has 1 aliphatic carbocycles. The second kappa shape index (κ2) is 22.4. The minimum Gasteiger partial charge on any atom is -0.444 e. The van der Waals surface area contributed by atoms with Crippen molar-refractivity contribution in [3.8, 4) is 0 Å². The van der Waals surface area contributed by atoms with Crippen LogP contribution in [0.4, 0.5) is 0 Å². The lowest BCUT2D eigenvalue weighted by molar-refractivity contribution is -0.147. The van der Waals surface area contributed by atoms with E-state index in [1.54, 1.807) is 37.0 Å². The summed E-state index contributed by atoms with van der Waals surface area (Å²) >= 11 is 0. The zero-order chi connectivity index (χ0) is 51.2. The molecular formula is C55H73N9O7. The molecule has 6 N–H and O–H groups in total. The molecule has 1 aromatic heterocycles. The number of rotatable bonds is 16. The van der Waals surface area contributed by atoms with E-state index in [0.717, 1.165) is 47.1 Å². The SMILES string of the molecule is CNCC(=O)NC(C(=O)N1Cc2cc([C@H]3CC(C(=O)NC(Cc4ccccc4)c4ncc(C)o4)N(C(=O)[C@@H](NC(=O)CNC)C(C)(C)C)C3)ccc2CC1C(=O)NC1CCCc2ccccc21)C(C)(C)C. The maximum atomic E-state index is 15.0. The molecule has 0 bridgehead atoms. The van der Waals surface area contributed by atoms with Crippen molar-refractivity contribution in [1.82, 2.24) is 46.7 Å². The van der Waals surface area contributed by atoms with Crippen molar-refractivity contribution in [1.29, 1.82) is 0 Å². The van der Waals surface area contributed by atoms with E-state index in [9.17, 15) is 24.0 Å². The zero-order valence-electron chi connectivity index (χ0n) is 42.8. The fourth-order valence-corrected chi connectivity index (χ4v) is 10.3. The molecule has 7 rings (SSSR count). The van der Waals surface area contributed by atoms with Gasteiger partial charge < -0.3 is 46.1 Å². The van der Waals surface area contributed by atoms with Crippen molar-refractivity contribution in [3.05, 3.63) is 124 Å². The molecular weight excluding hydrogens is 899 g/mol. The minimum atomic E-state index is -0.954. The Balaban J connectivity index is 1.23. The number of nitrogens with one attached hydrogen (secondary N) is 6. The topological polar surface area (TPSA) is 207 Å². The van der Waals surface area contributed by atoms with Crippen molar-refractivity contribution in [2.45, 2.75) is 136 Å². The smallest absolute Gasteiger partial charge is 0.246 e. The monoisotopic (exact) mass is 972 g/mol. The Morgan fingerprint density at radius 3 is 1.99 bits per heavy atom. The summed E-state index contributed by atoms with van der Waals surface area (Å²) < 4.78 is 5.98. The first-order valence-corrected chi connectivity index (χ1v) is 25.0. The second-order valence-corrected chi connectivity index (χ2v) is 21.7. The maximum absolute atomic E-state index is 15.0. The molecule has 3 aliphatic rings. The van der Waals surface area contributed by atoms with Crippen LogP contribution in [0.25, 0.3) is 0 Å². The van der Waals surface area contributed by atoms with Crippen molar-refractivity contribution in [2.24, 2.45) is 10.8 Å². The molecule has 1 fully saturated rings. The Morgan fingerprint density at radius 2 is 1.37 bits per heavy atom. The standard InChI is InChI=1S/C55H73N9O7/c1-33-28-58-51(71-33)42(24-34-16-11-10-12-17-34)60-50(68)44-27-39(32-64(44)53(70)48(55(5,6)7)62-46(66)30-57-9)36-22-23-37-26-43(49(67)59-41-21-15-19-35-18-13-14-20-40(35)41)63(31-38(37)25-36)52(69)47(54(2,3)4)61-45(65)29-56-8/h10-14,16-18,20,22-23,25,28,39,41-44,47-48,56-57H,15,19,21,24,26-27,29-32H2,1-9H3,(H,59,67)(H,60,68)(H,61,65)(H,62,66)/t39-,41?,42?,43?,44?,47?,48+/m0/s1. The number of aryl methyl sites for hydroxylation is 2. The van der Waals surface area contributed by atoms with E-state index < -0.39 is 41.0 Å². The summed E-state index contributed by atoms with van der Waals surface area (Å²) in [5.41, 5.74) is 4.42. The molecule has 16 nitrogen and oxygen atoms in total. The van der Waals surface area contributed by atoms with Gasteiger partial charge in [-0.15, -0.1) is 0 Å². The summed E-state index contributed by atoms with van der Waals surface area (Å²) in [6.45, 7) is 13.4. The number of carbonyl (C=O) groups excluding carboxylic acids is 6. The molecule has 6 amide bonds. The molecule has 71 heavy (non-hydrogen) atoms. The van der Waals surface area contributed by atoms with Crippen LogP contribution in [0.5, 0.6) is 0 Å². The minimum absolute atomic E-state index is 0.00759. The quantitative estimate of drug-likeness (QED) is 0.0912. The van der Waals surface area contributed by atoms with Gasteiger partial charge in [0.15, 0.2) is 0 Å². The van der Waals surface area contributed by atoms with Gasteiger partial charge in [-0.1, -0.05) is 114 Å². The molecule has 4 aromatic rings. The molecule has 5 unspecified atom stereocenters. The van der Waals surface area contributed by atoms with Gasteiger partial charge in [-0.2, -0.15) is 0 Å². The number of likely N-dealkylation sites (N-methyl/N-ethyl adjacent to an activating group) is 2. The summed E-state index contributed by atoms with van der Waals surface area (Å²) in [6, 6.07) is 19.3. The van der Waals surface area contributed by atoms with Gasteiger partial charge in [-0.25, -0.2) is 4.98 Å². The highest BCUT2D eigenvalue weighted by Crippen LogP contribution is 2.38. The highest BCUT2D eigenvalue weighted by atomic mass is 16.4. The van der Waals surface area contributed by atoms with Gasteiger partial charge in [0.2, 0.25) is 41.3 Å². The number of hydrogen-bond acceptors (Lipinski definition) is 10. The Kier molecular flexibility index (Phi) is 16.5.